The number of unbranched alkanes of at least 4 members (excludes halogenated alkanes) is 1. The highest BCUT2D eigenvalue weighted by molar-refractivity contribution is 6.31. The van der Waals surface area contributed by atoms with Gasteiger partial charge in [0.25, 0.3) is 0 Å². The molecule has 0 spiro atoms. The zero-order valence-corrected chi connectivity index (χ0v) is 57.3. The van der Waals surface area contributed by atoms with E-state index in [1.165, 1.54) is 13.8 Å². The van der Waals surface area contributed by atoms with Gasteiger partial charge in [0.05, 0.1) is 0 Å². The number of carbonyl (C=O) groups excluding carboxylic acids is 11. The Morgan fingerprint density at radius 1 is 0.500 bits per heavy atom. The lowest BCUT2D eigenvalue weighted by Crippen LogP contribution is -2.60. The Hall–Kier alpha value is -8.81. The molecule has 528 valence electrons. The van der Waals surface area contributed by atoms with Gasteiger partial charge in [-0.2, -0.15) is 0 Å². The van der Waals surface area contributed by atoms with E-state index in [0.717, 1.165) is 19.3 Å². The average molecular weight is 1360 g/mol. The average Bonchev–Trinajstić information content (AvgIpc) is 1.02. The molecule has 1 aliphatic carbocycles. The molecule has 3 aromatic rings. The van der Waals surface area contributed by atoms with Crippen molar-refractivity contribution >= 4 is 83.0 Å². The summed E-state index contributed by atoms with van der Waals surface area (Å²) >= 11 is 6.21. The van der Waals surface area contributed by atoms with Gasteiger partial charge in [0.15, 0.2) is 0 Å². The topological polar surface area (TPSA) is 370 Å². The molecule has 0 aromatic heterocycles. The van der Waals surface area contributed by atoms with Crippen LogP contribution >= 0.6 is 11.6 Å². The quantitative estimate of drug-likeness (QED) is 0.0163. The third-order valence-electron chi connectivity index (χ3n) is 15.2. The number of esters is 2. The van der Waals surface area contributed by atoms with Crippen molar-refractivity contribution < 1.29 is 81.6 Å². The number of carboxylic acids is 1. The van der Waals surface area contributed by atoms with Crippen LogP contribution in [0.2, 0.25) is 5.02 Å². The molecule has 0 heterocycles. The molecule has 8 atom stereocenters. The number of nitrogens with one attached hydrogen (secondary N) is 9. The first-order chi connectivity index (χ1) is 45.5. The van der Waals surface area contributed by atoms with E-state index < -0.39 is 132 Å². The van der Waals surface area contributed by atoms with Crippen LogP contribution in [0.1, 0.15) is 169 Å². The first kappa shape index (κ1) is 79.6. The molecular formula is C69H98ClN9O17. The molecule has 1 saturated carbocycles. The van der Waals surface area contributed by atoms with Gasteiger partial charge in [-0.25, -0.2) is 14.4 Å². The maximum atomic E-state index is 14.7. The van der Waals surface area contributed by atoms with Crippen LogP contribution in [0.25, 0.3) is 0 Å². The van der Waals surface area contributed by atoms with Gasteiger partial charge in [0.1, 0.15) is 73.3 Å². The monoisotopic (exact) mass is 1360 g/mol. The van der Waals surface area contributed by atoms with Crippen molar-refractivity contribution in [2.24, 2.45) is 11.8 Å². The van der Waals surface area contributed by atoms with E-state index in [1.807, 2.05) is 0 Å². The van der Waals surface area contributed by atoms with Crippen molar-refractivity contribution in [1.82, 2.24) is 47.9 Å². The molecule has 0 unspecified atom stereocenters. The van der Waals surface area contributed by atoms with E-state index in [1.54, 1.807) is 133 Å². The minimum absolute atomic E-state index is 0.00438. The van der Waals surface area contributed by atoms with E-state index in [9.17, 15) is 62.6 Å². The molecule has 0 aliphatic heterocycles. The number of alkyl carbamates (subject to hydrolysis) is 2. The van der Waals surface area contributed by atoms with Crippen molar-refractivity contribution in [3.05, 3.63) is 107 Å². The Balaban J connectivity index is 1.57. The molecule has 96 heavy (non-hydrogen) atoms. The van der Waals surface area contributed by atoms with Crippen LogP contribution < -0.4 is 47.9 Å². The van der Waals surface area contributed by atoms with Crippen molar-refractivity contribution in [1.29, 1.82) is 0 Å². The molecule has 26 nitrogen and oxygen atoms in total. The van der Waals surface area contributed by atoms with Crippen LogP contribution in [0, 0.1) is 11.8 Å². The molecule has 4 rings (SSSR count). The zero-order valence-electron chi connectivity index (χ0n) is 56.5. The highest BCUT2D eigenvalue weighted by atomic mass is 35.5. The fraction of sp³-hybridized carbons (Fsp3) is 0.565. The number of aliphatic carboxylic acids is 1. The molecule has 1 aliphatic rings. The first-order valence-corrected chi connectivity index (χ1v) is 33.3. The van der Waals surface area contributed by atoms with Crippen LogP contribution in [0.15, 0.2) is 84.9 Å². The summed E-state index contributed by atoms with van der Waals surface area (Å²) in [6.45, 7) is 14.6. The molecular weight excluding hydrogens is 1260 g/mol. The standard InChI is InChI=1S/C69H98ClN9O17/c1-42(2)37-54(64(88)75-51(31-21-22-36-71-67(91)94-41-48-27-19-20-30-50(48)70)61(85)76-53(32-34-57(80)81)66(90)93-40-47-25-15-11-16-26-47)79-65(89)55(38-43(3)4)78-62(86)52(33-35-58(82)95-49-28-17-12-18-29-49)74-59(83)44(5)72-63(87)56(39-46-23-13-10-14-24-46)77-60(84)45(6)73-68(92)96-69(7,8)9/h10-11,13-16,19-20,23-27,30,42-45,49,51-56H,12,17-18,21-22,28-29,31-41H2,1-9H3,(H,71,91)(H,72,87)(H,73,92)(H,74,83)(H,75,88)(H,76,85)(H,77,84)(H,78,86)(H,79,89)(H,80,81)/t44-,45-,51-,52-,53-,54-,55-,56-/m0/s1. The minimum Gasteiger partial charge on any atom is -0.481 e. The van der Waals surface area contributed by atoms with Gasteiger partial charge in [0.2, 0.25) is 41.4 Å². The summed E-state index contributed by atoms with van der Waals surface area (Å²) in [5, 5.41) is 33.7. The normalized spacial score (nSPS) is 14.8. The Bertz CT molecular complexity index is 3050. The van der Waals surface area contributed by atoms with Crippen LogP contribution in [0.4, 0.5) is 9.59 Å². The maximum absolute atomic E-state index is 14.7. The lowest BCUT2D eigenvalue weighted by atomic mass is 9.98. The predicted molar refractivity (Wildman–Crippen MR) is 356 cm³/mol. The van der Waals surface area contributed by atoms with Gasteiger partial charge in [-0.05, 0) is 134 Å². The summed E-state index contributed by atoms with van der Waals surface area (Å²) in [5.74, 6) is -9.22. The van der Waals surface area contributed by atoms with Crippen molar-refractivity contribution in [2.75, 3.05) is 6.54 Å². The van der Waals surface area contributed by atoms with E-state index in [-0.39, 0.29) is 95.5 Å². The van der Waals surface area contributed by atoms with Crippen molar-refractivity contribution in [2.45, 2.75) is 232 Å². The molecule has 9 amide bonds. The second-order valence-corrected chi connectivity index (χ2v) is 26.2. The number of rotatable bonds is 38. The number of amides is 9. The number of ether oxygens (including phenoxy) is 4. The van der Waals surface area contributed by atoms with Gasteiger partial charge in [-0.15, -0.1) is 0 Å². The highest BCUT2D eigenvalue weighted by Gasteiger charge is 2.36. The highest BCUT2D eigenvalue weighted by Crippen LogP contribution is 2.22. The van der Waals surface area contributed by atoms with E-state index in [4.69, 9.17) is 30.5 Å². The predicted octanol–water partition coefficient (Wildman–Crippen LogP) is 6.66. The third-order valence-corrected chi connectivity index (χ3v) is 15.6. The Labute approximate surface area is 567 Å². The van der Waals surface area contributed by atoms with Gasteiger partial charge in [0, 0.05) is 36.4 Å². The SMILES string of the molecule is CC(C)C[C@H](NC(=O)[C@H](CCC(=O)OC1CCCCC1)NC(=O)[C@H](C)NC(=O)[C@H](Cc1ccccc1)NC(=O)[C@H](C)NC(=O)OC(C)(C)C)C(=O)N[C@@H](CC(C)C)C(=O)N[C@@H](CCCCNC(=O)OCc1ccccc1Cl)C(=O)N[C@@H](CCC(=O)O)C(=O)OCc1ccccc1. The maximum Gasteiger partial charge on any atom is 0.408 e. The number of hydrogen-bond acceptors (Lipinski definition) is 16. The first-order valence-electron chi connectivity index (χ1n) is 32.9. The summed E-state index contributed by atoms with van der Waals surface area (Å²) < 4.78 is 21.8. The second kappa shape index (κ2) is 41.2. The van der Waals surface area contributed by atoms with Gasteiger partial charge in [-0.1, -0.05) is 125 Å². The van der Waals surface area contributed by atoms with Crippen LogP contribution in [0.5, 0.6) is 0 Å². The number of hydrogen-bond donors (Lipinski definition) is 10. The van der Waals surface area contributed by atoms with E-state index in [2.05, 4.69) is 47.9 Å². The van der Waals surface area contributed by atoms with Gasteiger partial charge < -0.3 is 71.9 Å². The molecule has 3 aromatic carbocycles. The number of carbonyl (C=O) groups is 12. The molecule has 1 fully saturated rings. The lowest BCUT2D eigenvalue weighted by Gasteiger charge is -2.29. The van der Waals surface area contributed by atoms with Gasteiger partial charge >= 0.3 is 30.1 Å². The molecule has 0 saturated heterocycles. The zero-order chi connectivity index (χ0) is 70.9. The smallest absolute Gasteiger partial charge is 0.408 e. The minimum atomic E-state index is -1.52. The molecule has 10 N–H and O–H groups in total. The number of carboxylic acid groups (broad SMARTS) is 1. The largest absolute Gasteiger partial charge is 0.481 e. The third kappa shape index (κ3) is 31.2. The van der Waals surface area contributed by atoms with E-state index >= 15 is 0 Å². The Kier molecular flexibility index (Phi) is 34.2. The fourth-order valence-electron chi connectivity index (χ4n) is 10.1. The molecule has 27 heteroatoms. The summed E-state index contributed by atoms with van der Waals surface area (Å²) in [7, 11) is 0. The van der Waals surface area contributed by atoms with Crippen LogP contribution in [-0.4, -0.2) is 143 Å². The molecule has 0 bridgehead atoms. The second-order valence-electron chi connectivity index (χ2n) is 25.8. The lowest BCUT2D eigenvalue weighted by molar-refractivity contribution is -0.151. The van der Waals surface area contributed by atoms with Crippen molar-refractivity contribution in [3.8, 4) is 0 Å². The van der Waals surface area contributed by atoms with Crippen LogP contribution in [-0.2, 0) is 86.5 Å². The Morgan fingerprint density at radius 3 is 1.54 bits per heavy atom. The summed E-state index contributed by atoms with van der Waals surface area (Å²) in [6, 6.07) is 13.2. The number of halogens is 1. The van der Waals surface area contributed by atoms with Crippen molar-refractivity contribution in [3.63, 3.8) is 0 Å². The summed E-state index contributed by atoms with van der Waals surface area (Å²) in [4.78, 5) is 164. The fourth-order valence-corrected chi connectivity index (χ4v) is 10.3. The summed E-state index contributed by atoms with van der Waals surface area (Å²) in [5.41, 5.74) is 0.992. The van der Waals surface area contributed by atoms with Crippen LogP contribution in [0.3, 0.4) is 0 Å². The molecule has 0 radical (unpaired) electrons. The Morgan fingerprint density at radius 2 is 0.979 bits per heavy atom. The number of benzene rings is 3. The van der Waals surface area contributed by atoms with Gasteiger partial charge in [-0.3, -0.25) is 43.2 Å². The summed E-state index contributed by atoms with van der Waals surface area (Å²) in [6.07, 6.45) is 0.877. The van der Waals surface area contributed by atoms with E-state index in [0.29, 0.717) is 34.6 Å².